The molecule has 7 nitrogen and oxygen atoms in total. The van der Waals surface area contributed by atoms with Gasteiger partial charge < -0.3 is 15.1 Å². The molecule has 0 aliphatic carbocycles. The zero-order chi connectivity index (χ0) is 22.5. The zero-order valence-corrected chi connectivity index (χ0v) is 18.8. The molecule has 3 aromatic rings. The van der Waals surface area contributed by atoms with Crippen molar-refractivity contribution < 1.29 is 9.59 Å². The fraction of sp³-hybridized carbons (Fsp3) is 0.292. The van der Waals surface area contributed by atoms with Crippen LogP contribution in [0.4, 0.5) is 5.69 Å². The van der Waals surface area contributed by atoms with Gasteiger partial charge in [0.1, 0.15) is 0 Å². The summed E-state index contributed by atoms with van der Waals surface area (Å²) in [6, 6.07) is 17.5. The first-order valence-corrected chi connectivity index (χ1v) is 11.1. The molecule has 1 aromatic heterocycles. The smallest absolute Gasteiger partial charge is 0.255 e. The van der Waals surface area contributed by atoms with Crippen LogP contribution in [-0.4, -0.2) is 59.2 Å². The summed E-state index contributed by atoms with van der Waals surface area (Å²) >= 11 is 6.10. The molecule has 2 amide bonds. The number of rotatable bonds is 6. The van der Waals surface area contributed by atoms with Gasteiger partial charge in [0.05, 0.1) is 29.7 Å². The number of aromatic nitrogens is 2. The van der Waals surface area contributed by atoms with Gasteiger partial charge in [-0.25, -0.2) is 4.68 Å². The second-order valence-electron chi connectivity index (χ2n) is 7.64. The molecule has 1 aliphatic heterocycles. The van der Waals surface area contributed by atoms with Gasteiger partial charge >= 0.3 is 0 Å². The number of para-hydroxylation sites is 1. The number of carbonyl (C=O) groups is 2. The van der Waals surface area contributed by atoms with Gasteiger partial charge in [-0.3, -0.25) is 9.59 Å². The second-order valence-corrected chi connectivity index (χ2v) is 8.07. The van der Waals surface area contributed by atoms with Crippen LogP contribution >= 0.6 is 11.6 Å². The lowest BCUT2D eigenvalue weighted by atomic mass is 10.2. The van der Waals surface area contributed by atoms with E-state index in [4.69, 9.17) is 11.6 Å². The predicted molar refractivity (Wildman–Crippen MR) is 126 cm³/mol. The maximum Gasteiger partial charge on any atom is 0.255 e. The van der Waals surface area contributed by atoms with Crippen molar-refractivity contribution in [3.63, 3.8) is 0 Å². The second kappa shape index (κ2) is 9.87. The molecule has 0 spiro atoms. The van der Waals surface area contributed by atoms with Crippen LogP contribution in [0.5, 0.6) is 0 Å². The minimum Gasteiger partial charge on any atom is -0.368 e. The fourth-order valence-electron chi connectivity index (χ4n) is 3.95. The highest BCUT2D eigenvalue weighted by atomic mass is 35.5. The number of halogens is 1. The third-order valence-corrected chi connectivity index (χ3v) is 5.89. The molecule has 1 fully saturated rings. The summed E-state index contributed by atoms with van der Waals surface area (Å²) in [5.74, 6) is -0.377. The molecule has 1 aliphatic rings. The van der Waals surface area contributed by atoms with Gasteiger partial charge in [-0.15, -0.1) is 0 Å². The molecule has 1 N–H and O–H groups in total. The summed E-state index contributed by atoms with van der Waals surface area (Å²) in [6.07, 6.45) is 2.16. The normalized spacial score (nSPS) is 13.8. The Morgan fingerprint density at radius 3 is 2.41 bits per heavy atom. The van der Waals surface area contributed by atoms with Gasteiger partial charge in [0.15, 0.2) is 0 Å². The van der Waals surface area contributed by atoms with Crippen LogP contribution in [0.3, 0.4) is 0 Å². The number of anilines is 1. The van der Waals surface area contributed by atoms with Gasteiger partial charge in [0.25, 0.3) is 5.91 Å². The molecular formula is C24H26ClN5O2. The Hall–Kier alpha value is -3.32. The van der Waals surface area contributed by atoms with Gasteiger partial charge in [0.2, 0.25) is 5.91 Å². The summed E-state index contributed by atoms with van der Waals surface area (Å²) < 4.78 is 1.71. The van der Waals surface area contributed by atoms with Crippen molar-refractivity contribution in [2.45, 2.75) is 13.3 Å². The maximum atomic E-state index is 12.8. The van der Waals surface area contributed by atoms with Crippen LogP contribution in [0, 0.1) is 0 Å². The molecule has 32 heavy (non-hydrogen) atoms. The van der Waals surface area contributed by atoms with E-state index >= 15 is 0 Å². The van der Waals surface area contributed by atoms with E-state index in [1.54, 1.807) is 21.7 Å². The highest BCUT2D eigenvalue weighted by molar-refractivity contribution is 6.30. The summed E-state index contributed by atoms with van der Waals surface area (Å²) in [5.41, 5.74) is 3.19. The van der Waals surface area contributed by atoms with Crippen molar-refractivity contribution in [3.05, 3.63) is 77.1 Å². The standard InChI is InChI=1S/C24H26ClN5O2/c1-2-22-21(16-27-30(22)20-10-6-7-18(25)15-20)24(32)26-17-23(31)29-13-11-28(12-14-29)19-8-4-3-5-9-19/h3-10,15-16H,2,11-14,17H2,1H3,(H,26,32). The van der Waals surface area contributed by atoms with Crippen LogP contribution in [0.25, 0.3) is 5.69 Å². The summed E-state index contributed by atoms with van der Waals surface area (Å²) in [4.78, 5) is 29.5. The van der Waals surface area contributed by atoms with E-state index in [0.29, 0.717) is 30.1 Å². The zero-order valence-electron chi connectivity index (χ0n) is 18.0. The number of amides is 2. The Morgan fingerprint density at radius 1 is 1.00 bits per heavy atom. The molecule has 166 valence electrons. The van der Waals surface area contributed by atoms with Crippen LogP contribution in [0.1, 0.15) is 23.0 Å². The topological polar surface area (TPSA) is 70.5 Å². The number of nitrogens with zero attached hydrogens (tertiary/aromatic N) is 4. The van der Waals surface area contributed by atoms with Crippen molar-refractivity contribution in [2.24, 2.45) is 0 Å². The molecule has 2 aromatic carbocycles. The Bertz CT molecular complexity index is 1090. The first-order chi connectivity index (χ1) is 15.6. The third kappa shape index (κ3) is 4.78. The number of hydrogen-bond donors (Lipinski definition) is 1. The first-order valence-electron chi connectivity index (χ1n) is 10.8. The van der Waals surface area contributed by atoms with Crippen molar-refractivity contribution >= 4 is 29.1 Å². The Morgan fingerprint density at radius 2 is 1.72 bits per heavy atom. The molecule has 0 bridgehead atoms. The number of carbonyl (C=O) groups excluding carboxylic acids is 2. The van der Waals surface area contributed by atoms with E-state index < -0.39 is 0 Å². The van der Waals surface area contributed by atoms with E-state index in [1.807, 2.05) is 37.3 Å². The lowest BCUT2D eigenvalue weighted by molar-refractivity contribution is -0.130. The van der Waals surface area contributed by atoms with E-state index in [0.717, 1.165) is 30.2 Å². The molecule has 2 heterocycles. The van der Waals surface area contributed by atoms with E-state index in [9.17, 15) is 9.59 Å². The lowest BCUT2D eigenvalue weighted by Crippen LogP contribution is -2.51. The van der Waals surface area contributed by atoms with Crippen molar-refractivity contribution in [2.75, 3.05) is 37.6 Å². The first kappa shape index (κ1) is 21.9. The average molecular weight is 452 g/mol. The molecule has 0 radical (unpaired) electrons. The van der Waals surface area contributed by atoms with E-state index in [2.05, 4.69) is 27.4 Å². The number of benzene rings is 2. The molecule has 1 saturated heterocycles. The summed E-state index contributed by atoms with van der Waals surface area (Å²) in [7, 11) is 0. The third-order valence-electron chi connectivity index (χ3n) is 5.66. The summed E-state index contributed by atoms with van der Waals surface area (Å²) in [5, 5.41) is 7.74. The maximum absolute atomic E-state index is 12.8. The SMILES string of the molecule is CCc1c(C(=O)NCC(=O)N2CCN(c3ccccc3)CC2)cnn1-c1cccc(Cl)c1. The van der Waals surface area contributed by atoms with Gasteiger partial charge in [0, 0.05) is 36.9 Å². The molecule has 0 saturated carbocycles. The van der Waals surface area contributed by atoms with Gasteiger partial charge in [-0.2, -0.15) is 5.10 Å². The quantitative estimate of drug-likeness (QED) is 0.625. The van der Waals surface area contributed by atoms with Crippen LogP contribution in [0.15, 0.2) is 60.8 Å². The van der Waals surface area contributed by atoms with E-state index in [-0.39, 0.29) is 18.4 Å². The Labute approximate surface area is 192 Å². The Balaban J connectivity index is 1.34. The molecule has 0 unspecified atom stereocenters. The summed E-state index contributed by atoms with van der Waals surface area (Å²) in [6.45, 7) is 4.75. The highest BCUT2D eigenvalue weighted by Crippen LogP contribution is 2.19. The fourth-order valence-corrected chi connectivity index (χ4v) is 4.13. The minimum atomic E-state index is -0.300. The Kier molecular flexibility index (Phi) is 6.75. The van der Waals surface area contributed by atoms with Crippen LogP contribution < -0.4 is 10.2 Å². The molecule has 0 atom stereocenters. The molecule has 4 rings (SSSR count). The number of hydrogen-bond acceptors (Lipinski definition) is 4. The van der Waals surface area contributed by atoms with Gasteiger partial charge in [-0.1, -0.05) is 42.8 Å². The number of piperazine rings is 1. The van der Waals surface area contributed by atoms with Crippen molar-refractivity contribution in [1.29, 1.82) is 0 Å². The monoisotopic (exact) mass is 451 g/mol. The average Bonchev–Trinajstić information content (AvgIpc) is 3.27. The van der Waals surface area contributed by atoms with E-state index in [1.165, 1.54) is 6.20 Å². The largest absolute Gasteiger partial charge is 0.368 e. The minimum absolute atomic E-state index is 0.0321. The number of nitrogens with one attached hydrogen (secondary N) is 1. The lowest BCUT2D eigenvalue weighted by Gasteiger charge is -2.36. The molecular weight excluding hydrogens is 426 g/mol. The van der Waals surface area contributed by atoms with Crippen LogP contribution in [0.2, 0.25) is 5.02 Å². The van der Waals surface area contributed by atoms with Gasteiger partial charge in [-0.05, 0) is 36.8 Å². The van der Waals surface area contributed by atoms with Crippen LogP contribution in [-0.2, 0) is 11.2 Å². The van der Waals surface area contributed by atoms with Crippen molar-refractivity contribution in [3.8, 4) is 5.69 Å². The highest BCUT2D eigenvalue weighted by Gasteiger charge is 2.23. The van der Waals surface area contributed by atoms with Crippen molar-refractivity contribution in [1.82, 2.24) is 20.0 Å². The molecule has 8 heteroatoms. The predicted octanol–water partition coefficient (Wildman–Crippen LogP) is 3.17.